The van der Waals surface area contributed by atoms with E-state index < -0.39 is 0 Å². The molecule has 0 fully saturated rings. The zero-order chi connectivity index (χ0) is 58.8. The maximum absolute atomic E-state index is 2.54. The fourth-order valence-corrected chi connectivity index (χ4v) is 12.7. The molecule has 0 bridgehead atoms. The number of hydrogen-bond donors (Lipinski definition) is 0. The molecular formula is C82H78N2. The van der Waals surface area contributed by atoms with Gasteiger partial charge >= 0.3 is 0 Å². The average Bonchev–Trinajstić information content (AvgIpc) is 1.48. The molecule has 0 spiro atoms. The van der Waals surface area contributed by atoms with Crippen LogP contribution in [0.1, 0.15) is 116 Å². The van der Waals surface area contributed by atoms with Gasteiger partial charge in [-0.25, -0.2) is 0 Å². The maximum Gasteiger partial charge on any atom is 0.0541 e. The lowest BCUT2D eigenvalue weighted by Gasteiger charge is -2.29. The monoisotopic (exact) mass is 1090 g/mol. The van der Waals surface area contributed by atoms with Crippen molar-refractivity contribution in [2.24, 2.45) is 0 Å². The molecule has 0 aliphatic rings. The Morgan fingerprint density at radius 1 is 0.274 bits per heavy atom. The topological polar surface area (TPSA) is 8.17 Å². The molecule has 13 rings (SSSR count). The number of rotatable bonds is 8. The highest BCUT2D eigenvalue weighted by Gasteiger charge is 2.26. The van der Waals surface area contributed by atoms with E-state index in [-0.39, 0.29) is 21.7 Å². The van der Waals surface area contributed by atoms with Gasteiger partial charge < -0.3 is 9.47 Å². The van der Waals surface area contributed by atoms with Crippen LogP contribution in [0.3, 0.4) is 0 Å². The summed E-state index contributed by atoms with van der Waals surface area (Å²) in [5.74, 6) is 0. The van der Waals surface area contributed by atoms with Gasteiger partial charge in [0, 0.05) is 32.9 Å². The number of aryl methyl sites for hydroxylation is 2. The molecule has 0 saturated carbocycles. The van der Waals surface area contributed by atoms with E-state index in [1.54, 1.807) is 0 Å². The number of nitrogens with zero attached hydrogens (tertiary/aromatic N) is 2. The highest BCUT2D eigenvalue weighted by Crippen LogP contribution is 2.48. The van der Waals surface area contributed by atoms with Crippen molar-refractivity contribution in [1.29, 1.82) is 0 Å². The Balaban J connectivity index is 1.00. The lowest BCUT2D eigenvalue weighted by Crippen LogP contribution is -2.16. The van der Waals surface area contributed by atoms with Crippen LogP contribution in [-0.4, -0.2) is 4.57 Å². The SMILES string of the molecule is Cc1ccc(-c2cc(-c3ccc(C)cc3)cc(N(c3ccc(-c4ccc(-c5cc(C(C)(C)C)cc(C(C)(C)C)c5)cc4)cc3)c3ccc4ccc5c(-n6c7ccc(C(C)(C)C)cc7c7cc(C(C)(C)C)ccc76)ccc6ccc3c4c65)c2)cc1. The van der Waals surface area contributed by atoms with Crippen molar-refractivity contribution < 1.29 is 0 Å². The summed E-state index contributed by atoms with van der Waals surface area (Å²) in [6.45, 7) is 32.1. The van der Waals surface area contributed by atoms with Crippen LogP contribution in [0.25, 0.3) is 104 Å². The molecule has 2 nitrogen and oxygen atoms in total. The third-order valence-electron chi connectivity index (χ3n) is 17.9. The molecule has 1 heterocycles. The number of anilines is 3. The molecule has 12 aromatic carbocycles. The minimum absolute atomic E-state index is 0.0126. The Labute approximate surface area is 498 Å². The summed E-state index contributed by atoms with van der Waals surface area (Å²) in [4.78, 5) is 2.51. The maximum atomic E-state index is 2.54. The zero-order valence-corrected chi connectivity index (χ0v) is 51.7. The Kier molecular flexibility index (Phi) is 13.0. The van der Waals surface area contributed by atoms with E-state index in [1.807, 2.05) is 0 Å². The second-order valence-corrected chi connectivity index (χ2v) is 28.2. The molecule has 0 saturated heterocycles. The minimum Gasteiger partial charge on any atom is -0.310 e. The molecule has 0 N–H and O–H groups in total. The predicted octanol–water partition coefficient (Wildman–Crippen LogP) is 23.6. The van der Waals surface area contributed by atoms with Gasteiger partial charge in [-0.2, -0.15) is 0 Å². The molecule has 0 radical (unpaired) electrons. The zero-order valence-electron chi connectivity index (χ0n) is 51.7. The summed E-state index contributed by atoms with van der Waals surface area (Å²) in [6, 6.07) is 83.9. The van der Waals surface area contributed by atoms with Crippen LogP contribution in [0.15, 0.2) is 218 Å². The van der Waals surface area contributed by atoms with Crippen LogP contribution in [0, 0.1) is 13.8 Å². The van der Waals surface area contributed by atoms with Crippen molar-refractivity contribution in [1.82, 2.24) is 4.57 Å². The lowest BCUT2D eigenvalue weighted by molar-refractivity contribution is 0.569. The van der Waals surface area contributed by atoms with Gasteiger partial charge in [-0.3, -0.25) is 0 Å². The van der Waals surface area contributed by atoms with E-state index in [0.717, 1.165) is 17.1 Å². The van der Waals surface area contributed by atoms with Gasteiger partial charge in [-0.1, -0.05) is 246 Å². The Morgan fingerprint density at radius 3 is 1.12 bits per heavy atom. The normalized spacial score (nSPS) is 12.6. The van der Waals surface area contributed by atoms with E-state index in [4.69, 9.17) is 0 Å². The van der Waals surface area contributed by atoms with Gasteiger partial charge in [-0.15, -0.1) is 0 Å². The lowest BCUT2D eigenvalue weighted by atomic mass is 9.79. The van der Waals surface area contributed by atoms with Crippen LogP contribution >= 0.6 is 0 Å². The summed E-state index contributed by atoms with van der Waals surface area (Å²) in [7, 11) is 0. The van der Waals surface area contributed by atoms with Gasteiger partial charge in [0.2, 0.25) is 0 Å². The largest absolute Gasteiger partial charge is 0.310 e. The Morgan fingerprint density at radius 2 is 0.655 bits per heavy atom. The van der Waals surface area contributed by atoms with Crippen molar-refractivity contribution in [3.8, 4) is 50.2 Å². The molecular weight excluding hydrogens is 1010 g/mol. The number of benzene rings is 12. The first kappa shape index (κ1) is 54.5. The van der Waals surface area contributed by atoms with Crippen LogP contribution in [0.4, 0.5) is 17.1 Å². The first-order chi connectivity index (χ1) is 39.9. The summed E-state index contributed by atoms with van der Waals surface area (Å²) in [6.07, 6.45) is 0. The Bertz CT molecular complexity index is 4490. The average molecular weight is 1090 g/mol. The smallest absolute Gasteiger partial charge is 0.0541 e. The highest BCUT2D eigenvalue weighted by atomic mass is 15.1. The molecule has 0 aliphatic carbocycles. The van der Waals surface area contributed by atoms with Crippen molar-refractivity contribution >= 4 is 71.2 Å². The summed E-state index contributed by atoms with van der Waals surface area (Å²) >= 11 is 0. The molecule has 84 heavy (non-hydrogen) atoms. The van der Waals surface area contributed by atoms with Crippen molar-refractivity contribution in [3.63, 3.8) is 0 Å². The summed E-state index contributed by atoms with van der Waals surface area (Å²) in [5.41, 5.74) is 24.5. The van der Waals surface area contributed by atoms with Gasteiger partial charge in [0.1, 0.15) is 0 Å². The predicted molar refractivity (Wildman–Crippen MR) is 365 cm³/mol. The van der Waals surface area contributed by atoms with Crippen LogP contribution in [0.2, 0.25) is 0 Å². The number of fused-ring (bicyclic) bond motifs is 3. The quantitative estimate of drug-likeness (QED) is 0.138. The van der Waals surface area contributed by atoms with Crippen LogP contribution in [0.5, 0.6) is 0 Å². The van der Waals surface area contributed by atoms with Crippen LogP contribution < -0.4 is 4.90 Å². The molecule has 1 aromatic heterocycles. The first-order valence-electron chi connectivity index (χ1n) is 30.2. The summed E-state index contributed by atoms with van der Waals surface area (Å²) in [5, 5.41) is 10.0. The molecule has 0 atom stereocenters. The number of hydrogen-bond acceptors (Lipinski definition) is 1. The van der Waals surface area contributed by atoms with Crippen LogP contribution in [-0.2, 0) is 21.7 Å². The van der Waals surface area contributed by atoms with Crippen molar-refractivity contribution in [3.05, 3.63) is 252 Å². The van der Waals surface area contributed by atoms with Crippen molar-refractivity contribution in [2.75, 3.05) is 4.90 Å². The van der Waals surface area contributed by atoms with Gasteiger partial charge in [0.25, 0.3) is 0 Å². The van der Waals surface area contributed by atoms with E-state index >= 15 is 0 Å². The molecule has 416 valence electrons. The third-order valence-corrected chi connectivity index (χ3v) is 17.9. The fraction of sp³-hybridized carbons (Fsp3) is 0.220. The van der Waals surface area contributed by atoms with Gasteiger partial charge in [0.05, 0.1) is 22.4 Å². The van der Waals surface area contributed by atoms with E-state index in [0.29, 0.717) is 0 Å². The van der Waals surface area contributed by atoms with E-state index in [2.05, 4.69) is 325 Å². The first-order valence-corrected chi connectivity index (χ1v) is 30.2. The summed E-state index contributed by atoms with van der Waals surface area (Å²) < 4.78 is 2.54. The molecule has 0 unspecified atom stereocenters. The third kappa shape index (κ3) is 9.84. The number of aromatic nitrogens is 1. The molecule has 13 aromatic rings. The van der Waals surface area contributed by atoms with Gasteiger partial charge in [-0.05, 0) is 191 Å². The minimum atomic E-state index is 0.0126. The Hall–Kier alpha value is -8.72. The highest BCUT2D eigenvalue weighted by molar-refractivity contribution is 6.27. The van der Waals surface area contributed by atoms with E-state index in [9.17, 15) is 0 Å². The second kappa shape index (κ2) is 20.0. The standard InChI is InChI=1S/C82H78N2/c1-51-15-19-55(20-16-51)60-43-61(56-21-17-52(2)18-22-56)47-68(46-60)83(67-35-27-54(28-36-67)53-23-25-57(26-24-53)62-44-65(81(9,10)11)48-66(45-62)82(12,13)14)73-39-31-58-30-38-70-74(40-32-59-29-37-69(73)77(58)78(59)70)84-75-41-33-63(79(3,4)5)49-71(75)72-50-64(80(6,7)8)34-42-76(72)84/h15-50H,1-14H3. The van der Waals surface area contributed by atoms with Gasteiger partial charge in [0.15, 0.2) is 0 Å². The van der Waals surface area contributed by atoms with Crippen molar-refractivity contribution in [2.45, 2.75) is 119 Å². The second-order valence-electron chi connectivity index (χ2n) is 28.2. The fourth-order valence-electron chi connectivity index (χ4n) is 12.7. The van der Waals surface area contributed by atoms with E-state index in [1.165, 1.54) is 138 Å². The molecule has 0 amide bonds. The molecule has 0 aliphatic heterocycles. The molecule has 2 heteroatoms.